The summed E-state index contributed by atoms with van der Waals surface area (Å²) in [5.74, 6) is 0.0458. The van der Waals surface area contributed by atoms with Crippen LogP contribution < -0.4 is 16.0 Å². The molecule has 0 unspecified atom stereocenters. The number of fused-ring (bicyclic) bond motifs is 1. The van der Waals surface area contributed by atoms with E-state index in [-0.39, 0.29) is 17.9 Å². The van der Waals surface area contributed by atoms with E-state index < -0.39 is 6.04 Å². The minimum Gasteiger partial charge on any atom is -0.343 e. The minimum absolute atomic E-state index is 0.157. The van der Waals surface area contributed by atoms with Crippen LogP contribution in [0.15, 0.2) is 78.9 Å². The Bertz CT molecular complexity index is 1090. The second kappa shape index (κ2) is 10.5. The van der Waals surface area contributed by atoms with Crippen molar-refractivity contribution in [3.63, 3.8) is 0 Å². The van der Waals surface area contributed by atoms with Crippen molar-refractivity contribution in [2.75, 3.05) is 5.32 Å². The van der Waals surface area contributed by atoms with Gasteiger partial charge in [-0.25, -0.2) is 0 Å². The van der Waals surface area contributed by atoms with Crippen LogP contribution in [0.3, 0.4) is 0 Å². The number of rotatable bonds is 7. The second-order valence-electron chi connectivity index (χ2n) is 8.92. The first kappa shape index (κ1) is 22.7. The molecule has 3 aromatic rings. The molecule has 4 rings (SSSR count). The van der Waals surface area contributed by atoms with Crippen LogP contribution in [0.2, 0.25) is 0 Å². The minimum atomic E-state index is -0.677. The van der Waals surface area contributed by atoms with Crippen LogP contribution in [0.25, 0.3) is 0 Å². The molecule has 1 heterocycles. The number of carbonyl (C=O) groups is 2. The van der Waals surface area contributed by atoms with Gasteiger partial charge in [0.25, 0.3) is 0 Å². The lowest BCUT2D eigenvalue weighted by Gasteiger charge is -2.27. The first-order chi connectivity index (χ1) is 16.0. The van der Waals surface area contributed by atoms with Crippen LogP contribution in [0.1, 0.15) is 42.0 Å². The van der Waals surface area contributed by atoms with E-state index in [0.717, 1.165) is 11.3 Å². The number of anilines is 1. The van der Waals surface area contributed by atoms with Crippen molar-refractivity contribution >= 4 is 17.5 Å². The van der Waals surface area contributed by atoms with Crippen LogP contribution >= 0.6 is 0 Å². The monoisotopic (exact) mass is 441 g/mol. The van der Waals surface area contributed by atoms with E-state index >= 15 is 0 Å². The quantitative estimate of drug-likeness (QED) is 0.515. The predicted octanol–water partition coefficient (Wildman–Crippen LogP) is 4.19. The molecule has 0 spiro atoms. The van der Waals surface area contributed by atoms with Gasteiger partial charge in [-0.1, -0.05) is 80.6 Å². The number of carbonyl (C=O) groups excluding carboxylic acids is 2. The smallest absolute Gasteiger partial charge is 0.247 e. The highest BCUT2D eigenvalue weighted by molar-refractivity contribution is 5.98. The molecule has 0 aliphatic carbocycles. The molecule has 2 atom stereocenters. The topological polar surface area (TPSA) is 70.2 Å². The highest BCUT2D eigenvalue weighted by Gasteiger charge is 2.28. The van der Waals surface area contributed by atoms with Gasteiger partial charge in [0.1, 0.15) is 6.04 Å². The van der Waals surface area contributed by atoms with Crippen LogP contribution in [-0.4, -0.2) is 23.9 Å². The fourth-order valence-corrected chi connectivity index (χ4v) is 4.15. The fraction of sp³-hybridized carbons (Fsp3) is 0.286. The third-order valence-electron chi connectivity index (χ3n) is 6.16. The Hall–Kier alpha value is -3.44. The summed E-state index contributed by atoms with van der Waals surface area (Å²) in [7, 11) is 0. The van der Waals surface area contributed by atoms with Crippen LogP contribution in [0.4, 0.5) is 5.69 Å². The summed E-state index contributed by atoms with van der Waals surface area (Å²) in [5, 5.41) is 9.29. The van der Waals surface area contributed by atoms with E-state index in [1.54, 1.807) is 0 Å². The summed E-state index contributed by atoms with van der Waals surface area (Å²) in [6, 6.07) is 24.7. The second-order valence-corrected chi connectivity index (χ2v) is 8.92. The van der Waals surface area contributed by atoms with Gasteiger partial charge >= 0.3 is 0 Å². The summed E-state index contributed by atoms with van der Waals surface area (Å²) < 4.78 is 0. The summed E-state index contributed by atoms with van der Waals surface area (Å²) in [5.41, 5.74) is 5.32. The zero-order valence-electron chi connectivity index (χ0n) is 19.2. The highest BCUT2D eigenvalue weighted by atomic mass is 16.2. The molecule has 2 amide bonds. The maximum Gasteiger partial charge on any atom is 0.247 e. The van der Waals surface area contributed by atoms with Gasteiger partial charge in [0.15, 0.2) is 0 Å². The molecule has 5 nitrogen and oxygen atoms in total. The van der Waals surface area contributed by atoms with Crippen molar-refractivity contribution < 1.29 is 9.59 Å². The zero-order chi connectivity index (χ0) is 23.2. The van der Waals surface area contributed by atoms with Crippen LogP contribution in [0.5, 0.6) is 0 Å². The van der Waals surface area contributed by atoms with Crippen molar-refractivity contribution in [2.24, 2.45) is 0 Å². The molecule has 5 heteroatoms. The lowest BCUT2D eigenvalue weighted by Crippen LogP contribution is -2.53. The molecule has 170 valence electrons. The summed E-state index contributed by atoms with van der Waals surface area (Å²) in [6.45, 7) is 4.92. The molecule has 0 radical (unpaired) electrons. The zero-order valence-corrected chi connectivity index (χ0v) is 19.2. The maximum absolute atomic E-state index is 13.2. The standard InChI is InChI=1S/C28H31N3O2/c1-19(2)21-12-14-24(15-13-21)30-28(33)26(16-20-8-4-3-5-9-20)31-27(32)25-17-22-10-6-7-11-23(22)18-29-25/h3-15,19,25-26,29H,16-18H2,1-2H3,(H,30,33)(H,31,32)/t25-,26+/m1/s1. The third-order valence-corrected chi connectivity index (χ3v) is 6.16. The maximum atomic E-state index is 13.2. The van der Waals surface area contributed by atoms with Gasteiger partial charge in [0.2, 0.25) is 11.8 Å². The number of nitrogens with one attached hydrogen (secondary N) is 3. The van der Waals surface area contributed by atoms with Gasteiger partial charge in [-0.05, 0) is 46.7 Å². The van der Waals surface area contributed by atoms with E-state index in [0.29, 0.717) is 25.3 Å². The molecule has 1 aliphatic heterocycles. The van der Waals surface area contributed by atoms with Crippen LogP contribution in [-0.2, 0) is 29.0 Å². The molecule has 3 aromatic carbocycles. The average molecular weight is 442 g/mol. The number of hydrogen-bond donors (Lipinski definition) is 3. The molecule has 0 fully saturated rings. The molecule has 33 heavy (non-hydrogen) atoms. The summed E-state index contributed by atoms with van der Waals surface area (Å²) in [6.07, 6.45) is 1.03. The molecule has 0 bridgehead atoms. The largest absolute Gasteiger partial charge is 0.343 e. The number of hydrogen-bond acceptors (Lipinski definition) is 3. The number of amides is 2. The molecule has 0 saturated carbocycles. The Morgan fingerprint density at radius 3 is 2.27 bits per heavy atom. The first-order valence-corrected chi connectivity index (χ1v) is 11.5. The van der Waals surface area contributed by atoms with E-state index in [2.05, 4.69) is 41.9 Å². The number of benzene rings is 3. The van der Waals surface area contributed by atoms with Crippen molar-refractivity contribution in [2.45, 2.75) is 51.2 Å². The van der Waals surface area contributed by atoms with Crippen molar-refractivity contribution in [3.8, 4) is 0 Å². The van der Waals surface area contributed by atoms with Crippen molar-refractivity contribution in [1.29, 1.82) is 0 Å². The lowest BCUT2D eigenvalue weighted by molar-refractivity contribution is -0.128. The predicted molar refractivity (Wildman–Crippen MR) is 132 cm³/mol. The fourth-order valence-electron chi connectivity index (χ4n) is 4.15. The van der Waals surface area contributed by atoms with Gasteiger partial charge < -0.3 is 16.0 Å². The van der Waals surface area contributed by atoms with Gasteiger partial charge in [-0.2, -0.15) is 0 Å². The molecule has 0 saturated heterocycles. The van der Waals surface area contributed by atoms with Gasteiger partial charge in [0.05, 0.1) is 6.04 Å². The van der Waals surface area contributed by atoms with E-state index in [1.807, 2.05) is 66.7 Å². The average Bonchev–Trinajstić information content (AvgIpc) is 2.84. The van der Waals surface area contributed by atoms with E-state index in [9.17, 15) is 9.59 Å². The summed E-state index contributed by atoms with van der Waals surface area (Å²) >= 11 is 0. The van der Waals surface area contributed by atoms with Crippen molar-refractivity contribution in [1.82, 2.24) is 10.6 Å². The Morgan fingerprint density at radius 2 is 1.58 bits per heavy atom. The Kier molecular flexibility index (Phi) is 7.20. The molecule has 0 aromatic heterocycles. The molecule has 3 N–H and O–H groups in total. The Labute approximate surface area is 195 Å². The molecular formula is C28H31N3O2. The van der Waals surface area contributed by atoms with Crippen molar-refractivity contribution in [3.05, 3.63) is 101 Å². The van der Waals surface area contributed by atoms with E-state index in [4.69, 9.17) is 0 Å². The SMILES string of the molecule is CC(C)c1ccc(NC(=O)[C@H](Cc2ccccc2)NC(=O)[C@H]2Cc3ccccc3CN2)cc1. The molecule has 1 aliphatic rings. The van der Waals surface area contributed by atoms with Crippen LogP contribution in [0, 0.1) is 0 Å². The third kappa shape index (κ3) is 5.88. The lowest BCUT2D eigenvalue weighted by atomic mass is 9.95. The summed E-state index contributed by atoms with van der Waals surface area (Å²) in [4.78, 5) is 26.3. The van der Waals surface area contributed by atoms with E-state index in [1.165, 1.54) is 16.7 Å². The van der Waals surface area contributed by atoms with Gasteiger partial charge in [0, 0.05) is 18.7 Å². The Balaban J connectivity index is 1.47. The molecular weight excluding hydrogens is 410 g/mol. The normalized spacial score (nSPS) is 16.0. The highest BCUT2D eigenvalue weighted by Crippen LogP contribution is 2.19. The Morgan fingerprint density at radius 1 is 0.909 bits per heavy atom. The van der Waals surface area contributed by atoms with Gasteiger partial charge in [-0.3, -0.25) is 9.59 Å². The van der Waals surface area contributed by atoms with Gasteiger partial charge in [-0.15, -0.1) is 0 Å². The first-order valence-electron chi connectivity index (χ1n) is 11.5.